The minimum atomic E-state index is 0.756. The lowest BCUT2D eigenvalue weighted by Gasteiger charge is -2.10. The van der Waals surface area contributed by atoms with E-state index in [1.807, 2.05) is 0 Å². The molecule has 1 rings (SSSR count). The van der Waals surface area contributed by atoms with Gasteiger partial charge < -0.3 is 0 Å². The SMILES string of the molecule is CCCC/C(=C/c1ccccc1)CC(C)C. The van der Waals surface area contributed by atoms with E-state index in [2.05, 4.69) is 57.2 Å². The average Bonchev–Trinajstić information content (AvgIpc) is 2.26. The van der Waals surface area contributed by atoms with E-state index >= 15 is 0 Å². The molecular weight excluding hydrogens is 192 g/mol. The molecule has 16 heavy (non-hydrogen) atoms. The van der Waals surface area contributed by atoms with Crippen LogP contribution in [0.25, 0.3) is 6.08 Å². The summed E-state index contributed by atoms with van der Waals surface area (Å²) >= 11 is 0. The van der Waals surface area contributed by atoms with Gasteiger partial charge in [0.2, 0.25) is 0 Å². The summed E-state index contributed by atoms with van der Waals surface area (Å²) < 4.78 is 0. The highest BCUT2D eigenvalue weighted by atomic mass is 14.1. The fourth-order valence-corrected chi connectivity index (χ4v) is 1.95. The van der Waals surface area contributed by atoms with Crippen molar-refractivity contribution in [2.24, 2.45) is 5.92 Å². The van der Waals surface area contributed by atoms with Gasteiger partial charge in [0.15, 0.2) is 0 Å². The van der Waals surface area contributed by atoms with Crippen molar-refractivity contribution in [2.45, 2.75) is 46.5 Å². The number of allylic oxidation sites excluding steroid dienone is 1. The van der Waals surface area contributed by atoms with Crippen molar-refractivity contribution in [1.82, 2.24) is 0 Å². The zero-order valence-electron chi connectivity index (χ0n) is 10.9. The zero-order chi connectivity index (χ0) is 11.8. The van der Waals surface area contributed by atoms with Crippen molar-refractivity contribution < 1.29 is 0 Å². The lowest BCUT2D eigenvalue weighted by Crippen LogP contribution is -1.92. The highest BCUT2D eigenvalue weighted by molar-refractivity contribution is 5.52. The van der Waals surface area contributed by atoms with Crippen LogP contribution in [0, 0.1) is 5.92 Å². The van der Waals surface area contributed by atoms with Gasteiger partial charge in [-0.15, -0.1) is 0 Å². The lowest BCUT2D eigenvalue weighted by molar-refractivity contribution is 0.617. The smallest absolute Gasteiger partial charge is 0.0257 e. The number of benzene rings is 1. The second-order valence-corrected chi connectivity index (χ2v) is 4.91. The first kappa shape index (κ1) is 13.0. The van der Waals surface area contributed by atoms with Gasteiger partial charge in [-0.25, -0.2) is 0 Å². The van der Waals surface area contributed by atoms with E-state index in [4.69, 9.17) is 0 Å². The van der Waals surface area contributed by atoms with E-state index in [9.17, 15) is 0 Å². The molecule has 0 nitrogen and oxygen atoms in total. The first-order valence-electron chi connectivity index (χ1n) is 6.47. The summed E-state index contributed by atoms with van der Waals surface area (Å²) in [5, 5.41) is 0. The zero-order valence-corrected chi connectivity index (χ0v) is 10.9. The van der Waals surface area contributed by atoms with Gasteiger partial charge in [-0.2, -0.15) is 0 Å². The fraction of sp³-hybridized carbons (Fsp3) is 0.500. The van der Waals surface area contributed by atoms with E-state index in [1.54, 1.807) is 5.57 Å². The summed E-state index contributed by atoms with van der Waals surface area (Å²) in [5.41, 5.74) is 2.94. The van der Waals surface area contributed by atoms with Crippen LogP contribution in [-0.4, -0.2) is 0 Å². The van der Waals surface area contributed by atoms with Crippen molar-refractivity contribution in [3.8, 4) is 0 Å². The van der Waals surface area contributed by atoms with Crippen LogP contribution in [0.1, 0.15) is 52.0 Å². The van der Waals surface area contributed by atoms with Gasteiger partial charge in [0.05, 0.1) is 0 Å². The summed E-state index contributed by atoms with van der Waals surface area (Å²) in [6, 6.07) is 10.7. The molecule has 0 heterocycles. The summed E-state index contributed by atoms with van der Waals surface area (Å²) in [7, 11) is 0. The Bertz CT molecular complexity index is 306. The second-order valence-electron chi connectivity index (χ2n) is 4.91. The maximum Gasteiger partial charge on any atom is -0.0257 e. The average molecular weight is 216 g/mol. The molecule has 0 heteroatoms. The quantitative estimate of drug-likeness (QED) is 0.604. The van der Waals surface area contributed by atoms with E-state index in [0.717, 1.165) is 5.92 Å². The molecule has 0 unspecified atom stereocenters. The molecule has 0 bridgehead atoms. The van der Waals surface area contributed by atoms with E-state index in [1.165, 1.54) is 31.2 Å². The summed E-state index contributed by atoms with van der Waals surface area (Å²) in [5.74, 6) is 0.756. The minimum absolute atomic E-state index is 0.756. The number of hydrogen-bond donors (Lipinski definition) is 0. The van der Waals surface area contributed by atoms with Crippen LogP contribution in [0.5, 0.6) is 0 Å². The van der Waals surface area contributed by atoms with Crippen LogP contribution in [-0.2, 0) is 0 Å². The Labute approximate surface area is 100 Å². The third-order valence-electron chi connectivity index (χ3n) is 2.69. The van der Waals surface area contributed by atoms with Crippen molar-refractivity contribution in [3.63, 3.8) is 0 Å². The van der Waals surface area contributed by atoms with Gasteiger partial charge in [0.1, 0.15) is 0 Å². The van der Waals surface area contributed by atoms with Crippen molar-refractivity contribution >= 4 is 6.08 Å². The molecule has 0 saturated carbocycles. The van der Waals surface area contributed by atoms with Crippen LogP contribution < -0.4 is 0 Å². The minimum Gasteiger partial charge on any atom is -0.0694 e. The van der Waals surface area contributed by atoms with E-state index in [-0.39, 0.29) is 0 Å². The van der Waals surface area contributed by atoms with Crippen LogP contribution in [0.3, 0.4) is 0 Å². The predicted octanol–water partition coefficient (Wildman–Crippen LogP) is 5.31. The molecule has 0 atom stereocenters. The molecule has 1 aromatic carbocycles. The van der Waals surface area contributed by atoms with Gasteiger partial charge >= 0.3 is 0 Å². The van der Waals surface area contributed by atoms with Gasteiger partial charge in [0.25, 0.3) is 0 Å². The molecule has 0 saturated heterocycles. The maximum atomic E-state index is 2.37. The number of unbranched alkanes of at least 4 members (excludes halogenated alkanes) is 1. The highest BCUT2D eigenvalue weighted by Crippen LogP contribution is 2.20. The van der Waals surface area contributed by atoms with Gasteiger partial charge in [0, 0.05) is 0 Å². The molecule has 0 aliphatic heterocycles. The molecule has 0 fully saturated rings. The van der Waals surface area contributed by atoms with Crippen LogP contribution in [0.4, 0.5) is 0 Å². The third kappa shape index (κ3) is 5.16. The highest BCUT2D eigenvalue weighted by Gasteiger charge is 2.01. The standard InChI is InChI=1S/C16H24/c1-4-5-9-16(12-14(2)3)13-15-10-7-6-8-11-15/h6-8,10-11,13-14H,4-5,9,12H2,1-3H3/b16-13-. The molecule has 1 aromatic rings. The van der Waals surface area contributed by atoms with Gasteiger partial charge in [-0.05, 0) is 30.7 Å². The number of rotatable bonds is 6. The Balaban J connectivity index is 2.70. The normalized spacial score (nSPS) is 12.1. The Morgan fingerprint density at radius 3 is 2.44 bits per heavy atom. The largest absolute Gasteiger partial charge is 0.0694 e. The molecule has 0 aromatic heterocycles. The van der Waals surface area contributed by atoms with Gasteiger partial charge in [-0.1, -0.05) is 69.2 Å². The molecular formula is C16H24. The molecule has 0 N–H and O–H groups in total. The molecule has 0 spiro atoms. The Morgan fingerprint density at radius 2 is 1.88 bits per heavy atom. The maximum absolute atomic E-state index is 2.37. The third-order valence-corrected chi connectivity index (χ3v) is 2.69. The first-order valence-corrected chi connectivity index (χ1v) is 6.47. The summed E-state index contributed by atoms with van der Waals surface area (Å²) in [6.45, 7) is 6.85. The molecule has 0 aliphatic carbocycles. The first-order chi connectivity index (χ1) is 7.72. The topological polar surface area (TPSA) is 0 Å². The van der Waals surface area contributed by atoms with Crippen molar-refractivity contribution in [3.05, 3.63) is 41.5 Å². The van der Waals surface area contributed by atoms with Crippen LogP contribution >= 0.6 is 0 Å². The fourth-order valence-electron chi connectivity index (χ4n) is 1.95. The molecule has 88 valence electrons. The molecule has 0 radical (unpaired) electrons. The molecule has 0 amide bonds. The van der Waals surface area contributed by atoms with Crippen molar-refractivity contribution in [2.75, 3.05) is 0 Å². The number of hydrogen-bond acceptors (Lipinski definition) is 0. The van der Waals surface area contributed by atoms with Gasteiger partial charge in [-0.3, -0.25) is 0 Å². The van der Waals surface area contributed by atoms with Crippen LogP contribution in [0.15, 0.2) is 35.9 Å². The lowest BCUT2D eigenvalue weighted by atomic mass is 9.96. The Morgan fingerprint density at radius 1 is 1.19 bits per heavy atom. The summed E-state index contributed by atoms with van der Waals surface area (Å²) in [4.78, 5) is 0. The van der Waals surface area contributed by atoms with Crippen molar-refractivity contribution in [1.29, 1.82) is 0 Å². The Kier molecular flexibility index (Phi) is 5.92. The Hall–Kier alpha value is -1.04. The molecule has 0 aliphatic rings. The monoisotopic (exact) mass is 216 g/mol. The second kappa shape index (κ2) is 7.27. The van der Waals surface area contributed by atoms with Crippen LogP contribution in [0.2, 0.25) is 0 Å². The predicted molar refractivity (Wildman–Crippen MR) is 73.4 cm³/mol. The van der Waals surface area contributed by atoms with E-state index in [0.29, 0.717) is 0 Å². The van der Waals surface area contributed by atoms with E-state index < -0.39 is 0 Å². The summed E-state index contributed by atoms with van der Waals surface area (Å²) in [6.07, 6.45) is 7.45.